The number of nitrogens with one attached hydrogen (secondary N) is 1. The molecule has 0 fully saturated rings. The molecule has 0 saturated heterocycles. The van der Waals surface area contributed by atoms with E-state index in [9.17, 15) is 25.0 Å². The number of non-ortho nitro benzene ring substituents is 2. The molecule has 1 amide bonds. The van der Waals surface area contributed by atoms with Crippen LogP contribution in [0, 0.1) is 20.2 Å². The zero-order chi connectivity index (χ0) is 18.1. The van der Waals surface area contributed by atoms with Gasteiger partial charge in [-0.1, -0.05) is 20.8 Å². The molecule has 10 heteroatoms. The molecule has 1 heterocycles. The number of aromatic nitrogens is 1. The van der Waals surface area contributed by atoms with Crippen molar-refractivity contribution >= 4 is 33.8 Å². The summed E-state index contributed by atoms with van der Waals surface area (Å²) in [4.78, 5) is 36.7. The summed E-state index contributed by atoms with van der Waals surface area (Å²) in [5.41, 5.74) is -0.631. The minimum absolute atomic E-state index is 0.177. The molecular formula is C14H14N4O5S. The molecule has 1 aromatic carbocycles. The Morgan fingerprint density at radius 1 is 1.12 bits per heavy atom. The van der Waals surface area contributed by atoms with Crippen LogP contribution in [0.1, 0.15) is 36.8 Å². The number of nitro benzene ring substituents is 2. The molecule has 126 valence electrons. The van der Waals surface area contributed by atoms with Gasteiger partial charge in [0, 0.05) is 22.9 Å². The van der Waals surface area contributed by atoms with Gasteiger partial charge in [0.25, 0.3) is 17.3 Å². The molecule has 24 heavy (non-hydrogen) atoms. The number of hydrogen-bond donors (Lipinski definition) is 1. The van der Waals surface area contributed by atoms with Crippen molar-refractivity contribution < 1.29 is 14.6 Å². The quantitative estimate of drug-likeness (QED) is 0.663. The van der Waals surface area contributed by atoms with E-state index in [2.05, 4.69) is 10.3 Å². The molecule has 2 aromatic rings. The van der Waals surface area contributed by atoms with Gasteiger partial charge in [0.2, 0.25) is 0 Å². The number of benzene rings is 1. The van der Waals surface area contributed by atoms with Gasteiger partial charge in [0.1, 0.15) is 0 Å². The molecule has 1 N–H and O–H groups in total. The molecule has 9 nitrogen and oxygen atoms in total. The molecule has 0 atom stereocenters. The predicted molar refractivity (Wildman–Crippen MR) is 88.5 cm³/mol. The summed E-state index contributed by atoms with van der Waals surface area (Å²) >= 11 is 1.21. The van der Waals surface area contributed by atoms with Gasteiger partial charge >= 0.3 is 0 Å². The number of carbonyl (C=O) groups is 1. The second-order valence-electron chi connectivity index (χ2n) is 5.99. The SMILES string of the molecule is CC(C)(C)c1csc(NC(=O)c2cc([N+](=O)[O-])cc([N+](=O)[O-])c2)n1. The minimum atomic E-state index is -0.787. The van der Waals surface area contributed by atoms with Crippen LogP contribution in [0.3, 0.4) is 0 Å². The van der Waals surface area contributed by atoms with E-state index in [0.717, 1.165) is 23.9 Å². The summed E-state index contributed by atoms with van der Waals surface area (Å²) in [5.74, 6) is -0.698. The number of nitro groups is 2. The summed E-state index contributed by atoms with van der Waals surface area (Å²) in [6, 6.07) is 2.78. The van der Waals surface area contributed by atoms with Gasteiger partial charge in [-0.05, 0) is 0 Å². The highest BCUT2D eigenvalue weighted by Gasteiger charge is 2.22. The third kappa shape index (κ3) is 3.90. The zero-order valence-electron chi connectivity index (χ0n) is 13.1. The van der Waals surface area contributed by atoms with Crippen molar-refractivity contribution in [3.63, 3.8) is 0 Å². The molecule has 0 unspecified atom stereocenters. The highest BCUT2D eigenvalue weighted by molar-refractivity contribution is 7.14. The largest absolute Gasteiger partial charge is 0.298 e. The summed E-state index contributed by atoms with van der Waals surface area (Å²) in [7, 11) is 0. The van der Waals surface area contributed by atoms with Crippen molar-refractivity contribution in [3.05, 3.63) is 55.1 Å². The van der Waals surface area contributed by atoms with Crippen LogP contribution >= 0.6 is 11.3 Å². The standard InChI is InChI=1S/C14H14N4O5S/c1-14(2,3)11-7-24-13(15-11)16-12(19)8-4-9(17(20)21)6-10(5-8)18(22)23/h4-7H,1-3H3,(H,15,16,19). The number of thiazole rings is 1. The lowest BCUT2D eigenvalue weighted by Crippen LogP contribution is -2.14. The maximum absolute atomic E-state index is 12.2. The Morgan fingerprint density at radius 2 is 1.67 bits per heavy atom. The van der Waals surface area contributed by atoms with Crippen molar-refractivity contribution in [2.24, 2.45) is 0 Å². The van der Waals surface area contributed by atoms with Gasteiger partial charge in [-0.15, -0.1) is 11.3 Å². The molecular weight excluding hydrogens is 336 g/mol. The van der Waals surface area contributed by atoms with Gasteiger partial charge < -0.3 is 0 Å². The Kier molecular flexibility index (Phi) is 4.60. The van der Waals surface area contributed by atoms with Crippen molar-refractivity contribution in [2.45, 2.75) is 26.2 Å². The summed E-state index contributed by atoms with van der Waals surface area (Å²) in [5, 5.41) is 26.3. The number of anilines is 1. The van der Waals surface area contributed by atoms with Crippen molar-refractivity contribution in [3.8, 4) is 0 Å². The van der Waals surface area contributed by atoms with Gasteiger partial charge in [-0.25, -0.2) is 4.98 Å². The summed E-state index contributed by atoms with van der Waals surface area (Å²) in [6.45, 7) is 5.91. The zero-order valence-corrected chi connectivity index (χ0v) is 13.9. The van der Waals surface area contributed by atoms with Crippen LogP contribution in [-0.2, 0) is 5.41 Å². The number of nitrogens with zero attached hydrogens (tertiary/aromatic N) is 3. The third-order valence-corrected chi connectivity index (χ3v) is 3.84. The van der Waals surface area contributed by atoms with E-state index in [4.69, 9.17) is 0 Å². The minimum Gasteiger partial charge on any atom is -0.298 e. The summed E-state index contributed by atoms with van der Waals surface area (Å²) in [6.07, 6.45) is 0. The highest BCUT2D eigenvalue weighted by atomic mass is 32.1. The fourth-order valence-electron chi connectivity index (χ4n) is 1.78. The molecule has 0 spiro atoms. The fraction of sp³-hybridized carbons (Fsp3) is 0.286. The van der Waals surface area contributed by atoms with Crippen LogP contribution in [0.5, 0.6) is 0 Å². The maximum atomic E-state index is 12.2. The lowest BCUT2D eigenvalue weighted by Gasteiger charge is -2.14. The van der Waals surface area contributed by atoms with E-state index in [1.807, 2.05) is 20.8 Å². The Hall–Kier alpha value is -2.88. The van der Waals surface area contributed by atoms with Gasteiger partial charge in [-0.3, -0.25) is 30.3 Å². The first-order chi connectivity index (χ1) is 11.1. The normalized spacial score (nSPS) is 11.1. The highest BCUT2D eigenvalue weighted by Crippen LogP contribution is 2.27. The molecule has 0 saturated carbocycles. The third-order valence-electron chi connectivity index (χ3n) is 3.08. The van der Waals surface area contributed by atoms with Crippen LogP contribution in [0.2, 0.25) is 0 Å². The fourth-order valence-corrected chi connectivity index (χ4v) is 2.71. The van der Waals surface area contributed by atoms with Gasteiger partial charge in [-0.2, -0.15) is 0 Å². The van der Waals surface area contributed by atoms with Crippen LogP contribution < -0.4 is 5.32 Å². The lowest BCUT2D eigenvalue weighted by molar-refractivity contribution is -0.394. The Labute approximate surface area is 140 Å². The molecule has 0 aliphatic carbocycles. The Bertz CT molecular complexity index is 793. The van der Waals surface area contributed by atoms with Crippen LogP contribution in [-0.4, -0.2) is 20.7 Å². The maximum Gasteiger partial charge on any atom is 0.277 e. The van der Waals surface area contributed by atoms with E-state index >= 15 is 0 Å². The van der Waals surface area contributed by atoms with Crippen molar-refractivity contribution in [1.29, 1.82) is 0 Å². The monoisotopic (exact) mass is 350 g/mol. The van der Waals surface area contributed by atoms with Gasteiger partial charge in [0.15, 0.2) is 5.13 Å². The molecule has 0 aliphatic heterocycles. The molecule has 0 radical (unpaired) electrons. The molecule has 0 aliphatic rings. The van der Waals surface area contributed by atoms with Crippen LogP contribution in [0.4, 0.5) is 16.5 Å². The topological polar surface area (TPSA) is 128 Å². The summed E-state index contributed by atoms with van der Waals surface area (Å²) < 4.78 is 0. The smallest absolute Gasteiger partial charge is 0.277 e. The number of rotatable bonds is 4. The first kappa shape index (κ1) is 17.5. The van der Waals surface area contributed by atoms with E-state index in [-0.39, 0.29) is 11.0 Å². The average molecular weight is 350 g/mol. The average Bonchev–Trinajstić information content (AvgIpc) is 2.95. The second kappa shape index (κ2) is 6.32. The van der Waals surface area contributed by atoms with E-state index in [1.54, 1.807) is 5.38 Å². The second-order valence-corrected chi connectivity index (χ2v) is 6.85. The molecule has 2 rings (SSSR count). The number of carbonyl (C=O) groups excluding carboxylic acids is 1. The lowest BCUT2D eigenvalue weighted by atomic mass is 9.93. The van der Waals surface area contributed by atoms with Crippen LogP contribution in [0.15, 0.2) is 23.6 Å². The molecule has 0 bridgehead atoms. The van der Waals surface area contributed by atoms with Crippen LogP contribution in [0.25, 0.3) is 0 Å². The first-order valence-electron chi connectivity index (χ1n) is 6.79. The Balaban J connectivity index is 2.31. The van der Waals surface area contributed by atoms with E-state index in [1.165, 1.54) is 11.3 Å². The Morgan fingerprint density at radius 3 is 2.08 bits per heavy atom. The van der Waals surface area contributed by atoms with Crippen molar-refractivity contribution in [1.82, 2.24) is 4.98 Å². The van der Waals surface area contributed by atoms with Crippen molar-refractivity contribution in [2.75, 3.05) is 5.32 Å². The number of amides is 1. The number of hydrogen-bond acceptors (Lipinski definition) is 7. The van der Waals surface area contributed by atoms with E-state index in [0.29, 0.717) is 5.13 Å². The first-order valence-corrected chi connectivity index (χ1v) is 7.67. The molecule has 1 aromatic heterocycles. The van der Waals surface area contributed by atoms with E-state index < -0.39 is 27.1 Å². The van der Waals surface area contributed by atoms with Gasteiger partial charge in [0.05, 0.1) is 27.2 Å². The predicted octanol–water partition coefficient (Wildman–Crippen LogP) is 3.51.